The van der Waals surface area contributed by atoms with Crippen molar-refractivity contribution in [3.8, 4) is 0 Å². The van der Waals surface area contributed by atoms with Gasteiger partial charge in [-0.25, -0.2) is 4.79 Å². The smallest absolute Gasteiger partial charge is 0.389 e. The van der Waals surface area contributed by atoms with E-state index >= 15 is 0 Å². The van der Waals surface area contributed by atoms with Crippen LogP contribution in [0.2, 0.25) is 0 Å². The highest BCUT2D eigenvalue weighted by atomic mass is 19.4. The maximum absolute atomic E-state index is 13.7. The molecular formula is C29H44F3N5O8. The van der Waals surface area contributed by atoms with Crippen LogP contribution >= 0.6 is 0 Å². The normalized spacial score (nSPS) is 17.7. The van der Waals surface area contributed by atoms with Gasteiger partial charge >= 0.3 is 18.2 Å². The molecule has 1 fully saturated rings. The second kappa shape index (κ2) is 17.4. The van der Waals surface area contributed by atoms with E-state index in [1.54, 1.807) is 39.8 Å². The zero-order valence-electron chi connectivity index (χ0n) is 26.4. The Balaban J connectivity index is 0.00000324. The number of nitrogens with two attached hydrogens (primary N) is 1. The number of hydrogen-bond acceptors (Lipinski definition) is 8. The number of halogens is 3. The molecule has 0 saturated carbocycles. The van der Waals surface area contributed by atoms with Gasteiger partial charge in [-0.15, -0.1) is 0 Å². The van der Waals surface area contributed by atoms with E-state index in [0.29, 0.717) is 5.76 Å². The fourth-order valence-corrected chi connectivity index (χ4v) is 4.30. The number of amides is 5. The topological polar surface area (TPSA) is 190 Å². The number of esters is 1. The molecule has 0 bridgehead atoms. The van der Waals surface area contributed by atoms with Crippen LogP contribution in [-0.4, -0.2) is 77.8 Å². The highest BCUT2D eigenvalue weighted by Crippen LogP contribution is 2.29. The van der Waals surface area contributed by atoms with Crippen molar-refractivity contribution in [2.75, 3.05) is 13.1 Å². The van der Waals surface area contributed by atoms with Gasteiger partial charge in [0.15, 0.2) is 0 Å². The quantitative estimate of drug-likeness (QED) is 0.197. The largest absolute Gasteiger partial charge is 0.466 e. The molecule has 0 aromatic carbocycles. The first-order valence-corrected chi connectivity index (χ1v) is 14.5. The minimum absolute atomic E-state index is 0.0723. The van der Waals surface area contributed by atoms with Gasteiger partial charge in [0.05, 0.1) is 12.3 Å². The molecule has 0 spiro atoms. The van der Waals surface area contributed by atoms with Gasteiger partial charge in [0.25, 0.3) is 5.91 Å². The number of Topliss-reactive ketones (excluding diaryl/α,β-unsaturated/α-hetero) is 1. The molecule has 1 aliphatic rings. The summed E-state index contributed by atoms with van der Waals surface area (Å²) in [7, 11) is 0. The number of urea groups is 1. The van der Waals surface area contributed by atoms with Gasteiger partial charge in [0.1, 0.15) is 31.0 Å². The molecular weight excluding hydrogens is 603 g/mol. The third kappa shape index (κ3) is 13.6. The summed E-state index contributed by atoms with van der Waals surface area (Å²) in [6.07, 6.45) is -4.27. The maximum Gasteiger partial charge on any atom is 0.389 e. The van der Waals surface area contributed by atoms with Gasteiger partial charge < -0.3 is 35.7 Å². The number of nitrogens with zero attached hydrogens (tertiary/aromatic N) is 1. The summed E-state index contributed by atoms with van der Waals surface area (Å²) in [4.78, 5) is 76.0. The molecule has 4 atom stereocenters. The second-order valence-corrected chi connectivity index (χ2v) is 11.9. The van der Waals surface area contributed by atoms with E-state index < -0.39 is 84.6 Å². The molecule has 0 radical (unpaired) electrons. The van der Waals surface area contributed by atoms with Gasteiger partial charge in [0, 0.05) is 13.0 Å². The lowest BCUT2D eigenvalue weighted by molar-refractivity contribution is -0.146. The molecule has 16 heteroatoms. The highest BCUT2D eigenvalue weighted by Gasteiger charge is 2.45. The Labute approximate surface area is 260 Å². The number of alkyl halides is 3. The van der Waals surface area contributed by atoms with Crippen molar-refractivity contribution in [2.45, 2.75) is 98.1 Å². The van der Waals surface area contributed by atoms with Gasteiger partial charge in [-0.1, -0.05) is 48.0 Å². The minimum atomic E-state index is -4.66. The van der Waals surface area contributed by atoms with Gasteiger partial charge in [-0.2, -0.15) is 13.2 Å². The summed E-state index contributed by atoms with van der Waals surface area (Å²) in [6.45, 7) is 10.4. The monoisotopic (exact) mass is 647 g/mol. The van der Waals surface area contributed by atoms with Crippen LogP contribution in [0.25, 0.3) is 0 Å². The van der Waals surface area contributed by atoms with Crippen LogP contribution in [0.5, 0.6) is 0 Å². The van der Waals surface area contributed by atoms with E-state index in [1.165, 1.54) is 17.6 Å². The maximum atomic E-state index is 13.7. The highest BCUT2D eigenvalue weighted by molar-refractivity contribution is 6.37. The van der Waals surface area contributed by atoms with Crippen LogP contribution in [0.15, 0.2) is 22.8 Å². The number of nitrogens with one attached hydrogen (secondary N) is 3. The lowest BCUT2D eigenvalue weighted by Crippen LogP contribution is -2.60. The van der Waals surface area contributed by atoms with E-state index in [-0.39, 0.29) is 25.5 Å². The first-order valence-electron chi connectivity index (χ1n) is 14.5. The number of ether oxygens (including phenoxy) is 1. The SMILES string of the molecule is CCC.C[C@@H]1C[C@@H](C(=O)NC(CCC(F)(F)F)C(=O)C(N)=O)N(C(=O)C(NC(=O)NCC(=O)OCc2ccco2)C(C)(C)C)C1. The fourth-order valence-electron chi connectivity index (χ4n) is 4.30. The van der Waals surface area contributed by atoms with Gasteiger partial charge in [-0.05, 0) is 36.3 Å². The number of primary amides is 1. The Morgan fingerprint density at radius 2 is 1.73 bits per heavy atom. The van der Waals surface area contributed by atoms with Gasteiger partial charge in [-0.3, -0.25) is 24.0 Å². The number of ketones is 1. The first-order chi connectivity index (χ1) is 20.8. The number of likely N-dealkylation sites (tertiary alicyclic amines) is 1. The van der Waals surface area contributed by atoms with Crippen LogP contribution < -0.4 is 21.7 Å². The van der Waals surface area contributed by atoms with E-state index in [4.69, 9.17) is 14.9 Å². The summed E-state index contributed by atoms with van der Waals surface area (Å²) in [5.74, 6) is -5.11. The molecule has 45 heavy (non-hydrogen) atoms. The number of carbonyl (C=O) groups excluding carboxylic acids is 6. The summed E-state index contributed by atoms with van der Waals surface area (Å²) in [5, 5.41) is 6.95. The second-order valence-electron chi connectivity index (χ2n) is 11.9. The van der Waals surface area contributed by atoms with E-state index in [0.717, 1.165) is 0 Å². The Morgan fingerprint density at radius 3 is 2.24 bits per heavy atom. The zero-order valence-corrected chi connectivity index (χ0v) is 26.4. The molecule has 2 rings (SSSR count). The summed E-state index contributed by atoms with van der Waals surface area (Å²) in [6, 6.07) is -1.90. The van der Waals surface area contributed by atoms with Crippen molar-refractivity contribution >= 4 is 35.5 Å². The van der Waals surface area contributed by atoms with Crippen LogP contribution in [0.4, 0.5) is 18.0 Å². The molecule has 1 aromatic heterocycles. The summed E-state index contributed by atoms with van der Waals surface area (Å²) in [5.41, 5.74) is 4.06. The lowest BCUT2D eigenvalue weighted by atomic mass is 9.85. The third-order valence-electron chi connectivity index (χ3n) is 6.43. The lowest BCUT2D eigenvalue weighted by Gasteiger charge is -2.35. The Kier molecular flexibility index (Phi) is 15.0. The fraction of sp³-hybridized carbons (Fsp3) is 0.655. The van der Waals surface area contributed by atoms with Crippen molar-refractivity contribution in [1.82, 2.24) is 20.9 Å². The Hall–Kier alpha value is -4.11. The average Bonchev–Trinajstić information content (AvgIpc) is 3.59. The molecule has 1 aliphatic heterocycles. The molecule has 13 nitrogen and oxygen atoms in total. The standard InChI is InChI=1S/C26H36F3N5O8.C3H8/c1-14-10-17(22(38)32-16(19(36)21(30)37)7-8-26(27,28)29)34(12-14)23(39)20(25(2,3)4)33-24(40)31-11-18(35)42-13-15-6-5-9-41-15;1-3-2/h5-6,9,14,16-17,20H,7-8,10-13H2,1-4H3,(H2,30,37)(H,32,38)(H2,31,33,40);3H2,1-2H3/t14-,16?,17+,20?;/m1./s1. The van der Waals surface area contributed by atoms with Gasteiger partial charge in [0.2, 0.25) is 17.6 Å². The Morgan fingerprint density at radius 1 is 1.11 bits per heavy atom. The van der Waals surface area contributed by atoms with Crippen molar-refractivity contribution in [1.29, 1.82) is 0 Å². The number of rotatable bonds is 12. The predicted molar refractivity (Wildman–Crippen MR) is 155 cm³/mol. The molecule has 2 unspecified atom stereocenters. The Bertz CT molecular complexity index is 1170. The molecule has 2 heterocycles. The van der Waals surface area contributed by atoms with E-state index in [1.807, 2.05) is 0 Å². The van der Waals surface area contributed by atoms with E-state index in [9.17, 15) is 41.9 Å². The van der Waals surface area contributed by atoms with Crippen molar-refractivity contribution in [2.24, 2.45) is 17.1 Å². The first kappa shape index (κ1) is 38.9. The van der Waals surface area contributed by atoms with Crippen molar-refractivity contribution < 1.29 is 51.1 Å². The molecule has 5 N–H and O–H groups in total. The summed E-state index contributed by atoms with van der Waals surface area (Å²) < 4.78 is 48.4. The number of carbonyl (C=O) groups is 6. The van der Waals surface area contributed by atoms with E-state index in [2.05, 4.69) is 29.8 Å². The van der Waals surface area contributed by atoms with Crippen molar-refractivity contribution in [3.05, 3.63) is 24.2 Å². The van der Waals surface area contributed by atoms with Crippen LogP contribution in [0, 0.1) is 11.3 Å². The van der Waals surface area contributed by atoms with Crippen LogP contribution in [0.3, 0.4) is 0 Å². The molecule has 1 aromatic rings. The van der Waals surface area contributed by atoms with Crippen LogP contribution in [0.1, 0.15) is 73.0 Å². The molecule has 254 valence electrons. The summed E-state index contributed by atoms with van der Waals surface area (Å²) >= 11 is 0. The average molecular weight is 648 g/mol. The molecule has 1 saturated heterocycles. The zero-order chi connectivity index (χ0) is 34.5. The van der Waals surface area contributed by atoms with Crippen molar-refractivity contribution in [3.63, 3.8) is 0 Å². The number of hydrogen-bond donors (Lipinski definition) is 4. The minimum Gasteiger partial charge on any atom is -0.466 e. The number of furan rings is 1. The third-order valence-corrected chi connectivity index (χ3v) is 6.43. The molecule has 0 aliphatic carbocycles. The molecule has 5 amide bonds. The van der Waals surface area contributed by atoms with Crippen LogP contribution in [-0.2, 0) is 35.3 Å². The predicted octanol–water partition coefficient (Wildman–Crippen LogP) is 2.57.